The molecule has 0 aliphatic rings. The van der Waals surface area contributed by atoms with Crippen molar-refractivity contribution in [2.75, 3.05) is 0 Å². The molecule has 0 saturated heterocycles. The molecular weight excluding hydrogens is 953 g/mol. The molecule has 9 rings (SSSR count). The van der Waals surface area contributed by atoms with E-state index in [-0.39, 0.29) is 49.3 Å². The summed E-state index contributed by atoms with van der Waals surface area (Å²) in [6.45, 7) is 17.2. The summed E-state index contributed by atoms with van der Waals surface area (Å²) in [6.07, 6.45) is 0.528. The molecule has 0 unspecified atom stereocenters. The molecule has 0 fully saturated rings. The maximum atomic E-state index is 8.55. The molecule has 317 valence electrons. The van der Waals surface area contributed by atoms with Gasteiger partial charge in [-0.1, -0.05) is 126 Å². The maximum absolute atomic E-state index is 8.55. The molecule has 0 spiro atoms. The Morgan fingerprint density at radius 3 is 2.11 bits per heavy atom. The summed E-state index contributed by atoms with van der Waals surface area (Å²) in [5.74, 6) is 1.09. The first kappa shape index (κ1) is 38.2. The zero-order valence-corrected chi connectivity index (χ0v) is 40.3. The first-order chi connectivity index (χ1) is 31.3. The number of fused-ring (bicyclic) bond motifs is 4. The summed E-state index contributed by atoms with van der Waals surface area (Å²) in [4.78, 5) is 14.1. The standard InChI is InChI=1S/C37H32N3O.C18H24NSi.Ir/c1-22(2)30-20-26(25-12-7-6-8-13-25)21-31(23(3)4)34(30)40-33-17-10-9-16-32(33)39-36(40)29-15-11-14-27-28-19-18-24(5)38-37(28)41-35(27)29;1-14(2)11-16-12-17(15-9-7-6-8-10-15)19-13-18(16)20(3,4)5;/h6-14,16-23H,1-5H3;6-9,12-14H,11H2,1-5H3;/q2*-1;/i5D3;11D2;. The van der Waals surface area contributed by atoms with Crippen molar-refractivity contribution in [1.29, 1.82) is 0 Å². The predicted octanol–water partition coefficient (Wildman–Crippen LogP) is 14.3. The van der Waals surface area contributed by atoms with Gasteiger partial charge in [-0.15, -0.1) is 54.1 Å². The number of para-hydroxylation sites is 2. The maximum Gasteiger partial charge on any atom is 0.216 e. The monoisotopic (exact) mass is 1010 g/mol. The van der Waals surface area contributed by atoms with Crippen molar-refractivity contribution in [3.63, 3.8) is 0 Å². The number of benzene rings is 5. The molecule has 5 aromatic carbocycles. The molecule has 4 aromatic heterocycles. The van der Waals surface area contributed by atoms with E-state index in [1.165, 1.54) is 22.3 Å². The van der Waals surface area contributed by atoms with Crippen molar-refractivity contribution in [3.05, 3.63) is 162 Å². The second-order valence-electron chi connectivity index (χ2n) is 17.6. The third-order valence-electron chi connectivity index (χ3n) is 11.0. The number of pyridine rings is 2. The van der Waals surface area contributed by atoms with Crippen LogP contribution in [0.15, 0.2) is 132 Å². The van der Waals surface area contributed by atoms with E-state index in [9.17, 15) is 0 Å². The van der Waals surface area contributed by atoms with Gasteiger partial charge in [-0.3, -0.25) is 4.98 Å². The normalized spacial score (nSPS) is 13.4. The van der Waals surface area contributed by atoms with Crippen LogP contribution in [0.4, 0.5) is 0 Å². The summed E-state index contributed by atoms with van der Waals surface area (Å²) < 4.78 is 49.2. The number of rotatable bonds is 9. The van der Waals surface area contributed by atoms with Crippen LogP contribution in [0.1, 0.15) is 82.6 Å². The van der Waals surface area contributed by atoms with Gasteiger partial charge in [-0.2, -0.15) is 0 Å². The van der Waals surface area contributed by atoms with E-state index in [2.05, 4.69) is 116 Å². The van der Waals surface area contributed by atoms with Crippen molar-refractivity contribution < 1.29 is 31.4 Å². The van der Waals surface area contributed by atoms with Gasteiger partial charge in [0.05, 0.1) is 30.5 Å². The molecule has 1 radical (unpaired) electrons. The van der Waals surface area contributed by atoms with Crippen LogP contribution < -0.4 is 5.19 Å². The fraction of sp³-hybridized carbons (Fsp3) is 0.255. The van der Waals surface area contributed by atoms with Crippen molar-refractivity contribution in [2.24, 2.45) is 5.92 Å². The van der Waals surface area contributed by atoms with E-state index in [1.807, 2.05) is 86.8 Å². The number of nitrogens with zero attached hydrogens (tertiary/aromatic N) is 4. The van der Waals surface area contributed by atoms with Gasteiger partial charge in [0.15, 0.2) is 0 Å². The van der Waals surface area contributed by atoms with E-state index in [0.29, 0.717) is 17.0 Å². The third-order valence-corrected chi connectivity index (χ3v) is 13.0. The Hall–Kier alpha value is -5.46. The molecule has 4 heterocycles. The molecule has 0 aliphatic heterocycles. The second-order valence-corrected chi connectivity index (χ2v) is 22.7. The average Bonchev–Trinajstić information content (AvgIpc) is 3.87. The van der Waals surface area contributed by atoms with Crippen molar-refractivity contribution >= 4 is 46.4 Å². The SMILES string of the molecule is [2H]C([2H])([2H])c1ccc2c(n1)oc1c(-c3nc4ccccc4n3-c3c(C(C)C)cc(-c4ccccc4)cc3C(C)C)[c-]ccc12.[2H]C([2H])(c1cc(-c2[c-]cccc2)ncc1[Si](C)(C)C)C(C)C.[Ir]. The van der Waals surface area contributed by atoms with Gasteiger partial charge in [0.2, 0.25) is 5.71 Å². The van der Waals surface area contributed by atoms with E-state index in [4.69, 9.17) is 16.3 Å². The Morgan fingerprint density at radius 2 is 1.45 bits per heavy atom. The Bertz CT molecular complexity index is 3160. The number of hydrogen-bond acceptors (Lipinski definition) is 4. The molecule has 0 bridgehead atoms. The summed E-state index contributed by atoms with van der Waals surface area (Å²) in [7, 11) is -1.67. The largest absolute Gasteiger partial charge is 0.486 e. The van der Waals surface area contributed by atoms with Gasteiger partial charge in [-0.25, -0.2) is 4.98 Å². The van der Waals surface area contributed by atoms with Crippen LogP contribution in [0, 0.1) is 24.9 Å². The predicted molar refractivity (Wildman–Crippen MR) is 259 cm³/mol. The summed E-state index contributed by atoms with van der Waals surface area (Å²) >= 11 is 0. The van der Waals surface area contributed by atoms with Crippen LogP contribution in [0.3, 0.4) is 0 Å². The molecule has 9 aromatic rings. The number of furan rings is 1. The molecule has 0 saturated carbocycles. The van der Waals surface area contributed by atoms with Crippen LogP contribution in [-0.4, -0.2) is 27.6 Å². The quantitative estimate of drug-likeness (QED) is 0.107. The van der Waals surface area contributed by atoms with Gasteiger partial charge in [0, 0.05) is 49.9 Å². The van der Waals surface area contributed by atoms with Crippen LogP contribution >= 0.6 is 0 Å². The number of hydrogen-bond donors (Lipinski definition) is 0. The Kier molecular flexibility index (Phi) is 11.4. The van der Waals surface area contributed by atoms with Crippen molar-refractivity contribution in [3.8, 4) is 39.5 Å². The Balaban J connectivity index is 0.000000245. The van der Waals surface area contributed by atoms with Crippen LogP contribution in [0.25, 0.3) is 72.6 Å². The first-order valence-corrected chi connectivity index (χ1v) is 24.7. The van der Waals surface area contributed by atoms with Gasteiger partial charge < -0.3 is 14.0 Å². The first-order valence-electron chi connectivity index (χ1n) is 23.7. The van der Waals surface area contributed by atoms with Crippen LogP contribution in [0.5, 0.6) is 0 Å². The topological polar surface area (TPSA) is 56.7 Å². The third kappa shape index (κ3) is 9.03. The van der Waals surface area contributed by atoms with Gasteiger partial charge in [-0.05, 0) is 101 Å². The number of aryl methyl sites for hydroxylation is 1. The van der Waals surface area contributed by atoms with Crippen LogP contribution in [0.2, 0.25) is 19.6 Å². The molecule has 5 nitrogen and oxygen atoms in total. The van der Waals surface area contributed by atoms with Gasteiger partial charge in [0.1, 0.15) is 0 Å². The van der Waals surface area contributed by atoms with Gasteiger partial charge in [0.25, 0.3) is 0 Å². The van der Waals surface area contributed by atoms with Crippen molar-refractivity contribution in [1.82, 2.24) is 19.5 Å². The number of aromatic nitrogens is 4. The second kappa shape index (κ2) is 18.5. The Labute approximate surface area is 389 Å². The fourth-order valence-electron chi connectivity index (χ4n) is 8.01. The molecular formula is C55H56IrN4OSi-2. The van der Waals surface area contributed by atoms with Crippen molar-refractivity contribution in [2.45, 2.75) is 86.2 Å². The van der Waals surface area contributed by atoms with Gasteiger partial charge >= 0.3 is 0 Å². The average molecular weight is 1010 g/mol. The summed E-state index contributed by atoms with van der Waals surface area (Å²) in [5.41, 5.74) is 11.8. The van der Waals surface area contributed by atoms with E-state index >= 15 is 0 Å². The van der Waals surface area contributed by atoms with E-state index in [0.717, 1.165) is 49.5 Å². The molecule has 7 heteroatoms. The minimum Gasteiger partial charge on any atom is -0.486 e. The number of imidazole rings is 1. The summed E-state index contributed by atoms with van der Waals surface area (Å²) in [6, 6.07) is 46.7. The minimum absolute atomic E-state index is 0. The fourth-order valence-corrected chi connectivity index (χ4v) is 9.41. The zero-order valence-electron chi connectivity index (χ0n) is 41.9. The molecule has 0 N–H and O–H groups in total. The van der Waals surface area contributed by atoms with Crippen LogP contribution in [-0.2, 0) is 26.5 Å². The smallest absolute Gasteiger partial charge is 0.216 e. The molecule has 0 aliphatic carbocycles. The molecule has 62 heavy (non-hydrogen) atoms. The molecule has 0 atom stereocenters. The van der Waals surface area contributed by atoms with E-state index in [1.54, 1.807) is 12.1 Å². The molecule has 0 amide bonds. The minimum atomic E-state index is -2.33. The zero-order chi connectivity index (χ0) is 47.3. The summed E-state index contributed by atoms with van der Waals surface area (Å²) in [5, 5.41) is 2.69. The Morgan fingerprint density at radius 1 is 0.742 bits per heavy atom. The van der Waals surface area contributed by atoms with E-state index < -0.39 is 21.3 Å².